The highest BCUT2D eigenvalue weighted by molar-refractivity contribution is 5.91. The van der Waals surface area contributed by atoms with Crippen LogP contribution in [0.1, 0.15) is 0 Å². The first-order chi connectivity index (χ1) is 17.7. The van der Waals surface area contributed by atoms with Crippen molar-refractivity contribution < 1.29 is 8.78 Å². The van der Waals surface area contributed by atoms with Gasteiger partial charge in [0.25, 0.3) is 0 Å². The molecule has 6 heterocycles. The van der Waals surface area contributed by atoms with Crippen LogP contribution >= 0.6 is 0 Å². The summed E-state index contributed by atoms with van der Waals surface area (Å²) in [5, 5.41) is 4.65. The molecule has 11 heteroatoms. The van der Waals surface area contributed by atoms with Crippen LogP contribution in [-0.2, 0) is 0 Å². The molecule has 0 spiro atoms. The Balaban J connectivity index is 1.35. The van der Waals surface area contributed by atoms with Gasteiger partial charge in [0.2, 0.25) is 0 Å². The van der Waals surface area contributed by atoms with Gasteiger partial charge in [0.15, 0.2) is 5.49 Å². The molecule has 6 rings (SSSR count). The number of pyridine rings is 2. The zero-order chi connectivity index (χ0) is 24.5. The Morgan fingerprint density at radius 2 is 1.44 bits per heavy atom. The lowest BCUT2D eigenvalue weighted by atomic mass is 10.2. The molecule has 0 unspecified atom stereocenters. The monoisotopic (exact) mass is 481 g/mol. The second-order valence-corrected chi connectivity index (χ2v) is 7.81. The van der Waals surface area contributed by atoms with E-state index in [9.17, 15) is 8.78 Å². The Hall–Kier alpha value is -5.19. The molecule has 6 aromatic rings. The zero-order valence-electron chi connectivity index (χ0n) is 18.5. The van der Waals surface area contributed by atoms with Crippen LogP contribution in [-0.4, -0.2) is 34.9 Å². The number of nitrogens with one attached hydrogen (secondary N) is 4. The maximum atomic E-state index is 14.1. The third kappa shape index (κ3) is 3.98. The second kappa shape index (κ2) is 8.87. The first-order valence-corrected chi connectivity index (χ1v) is 10.9. The standard InChI is InChI=1S/C25H17F2N9/c26-18-3-1-5-29-22(18)14-7-20(31-9-14)35-24-16-11-28-12-17(16)25(34-13-33-24)36-21-8-15(10-32-21)23-19(27)4-2-6-30-23/h1-13,28,31-32H,(H,33,34,35,36). The predicted octanol–water partition coefficient (Wildman–Crippen LogP) is 4.99. The maximum absolute atomic E-state index is 14.1. The molecule has 0 aliphatic rings. The fourth-order valence-electron chi connectivity index (χ4n) is 3.84. The fraction of sp³-hybridized carbons (Fsp3) is 0. The molecule has 176 valence electrons. The number of hydrogen-bond donors (Lipinski definition) is 4. The van der Waals surface area contributed by atoms with Crippen molar-refractivity contribution in [2.45, 2.75) is 0 Å². The smallest absolute Gasteiger partial charge is 0.165 e. The van der Waals surface area contributed by atoms with Gasteiger partial charge in [-0.2, -0.15) is 0 Å². The molecule has 0 atom stereocenters. The van der Waals surface area contributed by atoms with Gasteiger partial charge in [-0.15, -0.1) is 0 Å². The number of rotatable bonds is 5. The van der Waals surface area contributed by atoms with Crippen LogP contribution in [0.3, 0.4) is 0 Å². The number of fused-ring (bicyclic) bond motifs is 1. The van der Waals surface area contributed by atoms with E-state index in [1.54, 1.807) is 43.0 Å². The fourth-order valence-corrected chi connectivity index (χ4v) is 3.84. The van der Waals surface area contributed by atoms with Gasteiger partial charge in [-0.1, -0.05) is 0 Å². The van der Waals surface area contributed by atoms with Crippen molar-refractivity contribution in [3.63, 3.8) is 0 Å². The van der Waals surface area contributed by atoms with E-state index in [4.69, 9.17) is 0 Å². The summed E-state index contributed by atoms with van der Waals surface area (Å²) in [5.41, 5.74) is 2.06. The highest BCUT2D eigenvalue weighted by Gasteiger charge is 2.12. The van der Waals surface area contributed by atoms with Crippen molar-refractivity contribution in [3.05, 3.63) is 97.0 Å². The van der Waals surface area contributed by atoms with E-state index in [0.717, 1.165) is 5.39 Å². The van der Waals surface area contributed by atoms with Crippen molar-refractivity contribution in [3.8, 4) is 22.5 Å². The van der Waals surface area contributed by atoms with E-state index in [1.807, 2.05) is 0 Å². The van der Waals surface area contributed by atoms with Gasteiger partial charge < -0.3 is 20.3 Å². The maximum Gasteiger partial charge on any atom is 0.165 e. The summed E-state index contributed by atoms with van der Waals surface area (Å²) >= 11 is 0. The minimum absolute atomic E-state index is 0.234. The van der Waals surface area contributed by atoms with Gasteiger partial charge in [0.05, 0.1) is 0 Å². The van der Waals surface area contributed by atoms with Gasteiger partial charge >= 0.3 is 0 Å². The van der Waals surface area contributed by atoms with Crippen molar-refractivity contribution >= 4 is 28.2 Å². The van der Waals surface area contributed by atoms with E-state index in [0.29, 0.717) is 39.5 Å². The molecule has 0 aromatic carbocycles. The molecular formula is C25H17F2N9. The molecule has 0 saturated carbocycles. The molecule has 4 N–H and O–H groups in total. The molecule has 36 heavy (non-hydrogen) atoms. The predicted molar refractivity (Wildman–Crippen MR) is 130 cm³/mol. The number of nitrogens with zero attached hydrogens (tertiary/aromatic N) is 5. The lowest BCUT2D eigenvalue weighted by molar-refractivity contribution is 0.625. The summed E-state index contributed by atoms with van der Waals surface area (Å²) in [7, 11) is 0. The topological polar surface area (TPSA) is 123 Å². The molecular weight excluding hydrogens is 464 g/mol. The first kappa shape index (κ1) is 21.4. The van der Waals surface area contributed by atoms with E-state index in [1.165, 1.54) is 36.9 Å². The quantitative estimate of drug-likeness (QED) is 0.276. The molecule has 0 aliphatic heterocycles. The lowest BCUT2D eigenvalue weighted by Crippen LogP contribution is -2.03. The van der Waals surface area contributed by atoms with Crippen molar-refractivity contribution in [1.29, 1.82) is 0 Å². The molecule has 9 nitrogen and oxygen atoms in total. The summed E-state index contributed by atoms with van der Waals surface area (Å²) < 4.78 is 28.2. The summed E-state index contributed by atoms with van der Waals surface area (Å²) in [6, 6.07) is 9.24. The molecule has 0 amide bonds. The number of anilines is 2. The van der Waals surface area contributed by atoms with Crippen LogP contribution < -0.4 is 10.8 Å². The highest BCUT2D eigenvalue weighted by atomic mass is 19.1. The summed E-state index contributed by atoms with van der Waals surface area (Å²) in [6.45, 7) is 0. The molecule has 6 aromatic heterocycles. The first-order valence-electron chi connectivity index (χ1n) is 10.9. The largest absolute Gasteiger partial charge is 0.366 e. The van der Waals surface area contributed by atoms with Crippen LogP contribution in [0.2, 0.25) is 0 Å². The van der Waals surface area contributed by atoms with E-state index < -0.39 is 11.6 Å². The van der Waals surface area contributed by atoms with Crippen LogP contribution in [0.4, 0.5) is 26.2 Å². The Bertz CT molecular complexity index is 1770. The molecule has 0 aliphatic carbocycles. The second-order valence-electron chi connectivity index (χ2n) is 7.81. The van der Waals surface area contributed by atoms with Crippen LogP contribution in [0.5, 0.6) is 0 Å². The third-order valence-electron chi connectivity index (χ3n) is 5.50. The third-order valence-corrected chi connectivity index (χ3v) is 5.50. The van der Waals surface area contributed by atoms with Crippen LogP contribution in [0.15, 0.2) is 84.9 Å². The number of aromatic nitrogens is 7. The zero-order valence-corrected chi connectivity index (χ0v) is 18.5. The summed E-state index contributed by atoms with van der Waals surface area (Å²) in [4.78, 5) is 30.8. The Morgan fingerprint density at radius 1 is 0.750 bits per heavy atom. The average molecular weight is 481 g/mol. The van der Waals surface area contributed by atoms with Gasteiger partial charge in [-0.05, 0) is 36.4 Å². The van der Waals surface area contributed by atoms with Crippen molar-refractivity contribution in [2.75, 3.05) is 5.32 Å². The molecule has 0 fully saturated rings. The number of hydrogen-bond acceptors (Lipinski definition) is 6. The lowest BCUT2D eigenvalue weighted by Gasteiger charge is -2.01. The Labute approximate surface area is 202 Å². The van der Waals surface area contributed by atoms with Crippen molar-refractivity contribution in [1.82, 2.24) is 34.9 Å². The van der Waals surface area contributed by atoms with E-state index >= 15 is 0 Å². The highest BCUT2D eigenvalue weighted by Crippen LogP contribution is 2.27. The van der Waals surface area contributed by atoms with E-state index in [2.05, 4.69) is 45.2 Å². The van der Waals surface area contributed by atoms with Gasteiger partial charge in [0.1, 0.15) is 46.8 Å². The Kier molecular flexibility index (Phi) is 5.26. The summed E-state index contributed by atoms with van der Waals surface area (Å²) in [6.07, 6.45) is 11.3. The van der Waals surface area contributed by atoms with Gasteiger partial charge in [-0.3, -0.25) is 9.97 Å². The number of halogens is 2. The van der Waals surface area contributed by atoms with Crippen LogP contribution in [0, 0.1) is 11.6 Å². The molecule has 0 radical (unpaired) electrons. The van der Waals surface area contributed by atoms with Gasteiger partial charge in [0, 0.05) is 59.1 Å². The number of H-pyrrole nitrogens is 3. The minimum Gasteiger partial charge on any atom is -0.366 e. The Morgan fingerprint density at radius 3 is 2.19 bits per heavy atom. The van der Waals surface area contributed by atoms with Crippen molar-refractivity contribution in [2.24, 2.45) is 4.99 Å². The normalized spacial score (nSPS) is 11.8. The van der Waals surface area contributed by atoms with Crippen LogP contribution in [0.25, 0.3) is 33.3 Å². The number of aromatic amines is 3. The summed E-state index contributed by atoms with van der Waals surface area (Å²) in [5.74, 6) is 0.767. The SMILES string of the molecule is Fc1cccnc1-c1c[nH]c(/N=c2\ncnc(Nc3cc(-c4ncccc4F)c[nH]3)c3c[nH]cc23)c1. The molecule has 0 bridgehead atoms. The molecule has 0 saturated heterocycles. The average Bonchev–Trinajstić information content (AvgIpc) is 3.63. The van der Waals surface area contributed by atoms with E-state index in [-0.39, 0.29) is 11.4 Å². The minimum atomic E-state index is -0.418. The van der Waals surface area contributed by atoms with Gasteiger partial charge in [-0.25, -0.2) is 23.7 Å².